The predicted molar refractivity (Wildman–Crippen MR) is 94.5 cm³/mol. The van der Waals surface area contributed by atoms with Crippen molar-refractivity contribution in [3.63, 3.8) is 0 Å². The minimum atomic E-state index is -4.51. The van der Waals surface area contributed by atoms with E-state index in [0.29, 0.717) is 38.6 Å². The first-order valence-electron chi connectivity index (χ1n) is 8.78. The van der Waals surface area contributed by atoms with E-state index in [1.165, 1.54) is 9.96 Å². The molecule has 2 amide bonds. The topological polar surface area (TPSA) is 114 Å². The molecule has 1 aromatic rings. The summed E-state index contributed by atoms with van der Waals surface area (Å²) in [5.74, 6) is -0.137. The van der Waals surface area contributed by atoms with E-state index in [4.69, 9.17) is 15.3 Å². The summed E-state index contributed by atoms with van der Waals surface area (Å²) in [5.41, 5.74) is 3.99. The third-order valence-electron chi connectivity index (χ3n) is 4.07. The molecule has 1 aromatic heterocycles. The Balaban J connectivity index is 1.76. The van der Waals surface area contributed by atoms with Gasteiger partial charge in [-0.25, -0.2) is 14.8 Å². The van der Waals surface area contributed by atoms with Crippen LogP contribution in [0, 0.1) is 0 Å². The number of likely N-dealkylation sites (N-methyl/N-ethyl adjacent to an activating group) is 1. The summed E-state index contributed by atoms with van der Waals surface area (Å²) in [6.45, 7) is 3.23. The number of carbonyl (C=O) groups is 2. The van der Waals surface area contributed by atoms with E-state index < -0.39 is 23.9 Å². The van der Waals surface area contributed by atoms with Crippen LogP contribution in [-0.4, -0.2) is 84.4 Å². The lowest BCUT2D eigenvalue weighted by Crippen LogP contribution is -2.52. The highest BCUT2D eigenvalue weighted by Crippen LogP contribution is 2.28. The Morgan fingerprint density at radius 2 is 2.00 bits per heavy atom. The van der Waals surface area contributed by atoms with Gasteiger partial charge in [0.2, 0.25) is 11.9 Å². The molecule has 0 aliphatic carbocycles. The number of nitrogens with two attached hydrogens (primary N) is 1. The van der Waals surface area contributed by atoms with Crippen molar-refractivity contribution in [2.75, 3.05) is 51.3 Å². The fourth-order valence-corrected chi connectivity index (χ4v) is 2.70. The van der Waals surface area contributed by atoms with Gasteiger partial charge in [-0.15, -0.1) is 0 Å². The van der Waals surface area contributed by atoms with Crippen molar-refractivity contribution in [3.8, 4) is 0 Å². The van der Waals surface area contributed by atoms with Crippen molar-refractivity contribution in [3.05, 3.63) is 18.0 Å². The van der Waals surface area contributed by atoms with E-state index in [9.17, 15) is 22.8 Å². The number of carbonyl (C=O) groups excluding carboxylic acids is 2. The van der Waals surface area contributed by atoms with Crippen molar-refractivity contribution < 1.29 is 32.3 Å². The number of nitrogens with zero attached hydrogens (tertiary/aromatic N) is 5. The molecule has 1 fully saturated rings. The molecule has 1 aliphatic heterocycles. The molecule has 2 N–H and O–H groups in total. The number of hydroxylamine groups is 2. The number of halogens is 3. The molecule has 29 heavy (non-hydrogen) atoms. The van der Waals surface area contributed by atoms with E-state index >= 15 is 0 Å². The molecular weight excluding hydrogens is 397 g/mol. The summed E-state index contributed by atoms with van der Waals surface area (Å²) in [5, 5.41) is 1.48. The quantitative estimate of drug-likeness (QED) is 0.605. The highest BCUT2D eigenvalue weighted by Gasteiger charge is 2.32. The molecule has 1 atom stereocenters. The van der Waals surface area contributed by atoms with Crippen LogP contribution in [0.4, 0.5) is 23.9 Å². The fourth-order valence-electron chi connectivity index (χ4n) is 2.70. The van der Waals surface area contributed by atoms with E-state index in [-0.39, 0.29) is 25.0 Å². The van der Waals surface area contributed by atoms with Gasteiger partial charge in [-0.3, -0.25) is 9.63 Å². The number of amides is 2. The third-order valence-corrected chi connectivity index (χ3v) is 4.07. The van der Waals surface area contributed by atoms with Crippen LogP contribution in [0.15, 0.2) is 12.4 Å². The number of hydrogen-bond donors (Lipinski definition) is 1. The predicted octanol–water partition coefficient (Wildman–Crippen LogP) is 0.491. The standard InChI is InChI=1S/C16H23F3N6O4/c1-11(29-14(20)27)9-23(2)28-6-5-24-3-4-25(10-13(24)26)15-21-7-12(8-22-15)16(17,18)19/h7-8,11H,3-6,9-10H2,1-2H3,(H2,20,27). The first kappa shape index (κ1) is 22.6. The van der Waals surface area contributed by atoms with Gasteiger partial charge in [0.25, 0.3) is 0 Å². The molecule has 0 aromatic carbocycles. The number of alkyl halides is 3. The number of piperazine rings is 1. The van der Waals surface area contributed by atoms with Gasteiger partial charge < -0.3 is 20.3 Å². The highest BCUT2D eigenvalue weighted by atomic mass is 19.4. The van der Waals surface area contributed by atoms with Gasteiger partial charge in [-0.05, 0) is 6.92 Å². The van der Waals surface area contributed by atoms with Crippen LogP contribution in [0.25, 0.3) is 0 Å². The Hall–Kier alpha value is -2.67. The summed E-state index contributed by atoms with van der Waals surface area (Å²) in [6.07, 6.45) is -4.43. The van der Waals surface area contributed by atoms with Crippen LogP contribution in [0.5, 0.6) is 0 Å². The zero-order valence-electron chi connectivity index (χ0n) is 16.1. The Morgan fingerprint density at radius 3 is 2.55 bits per heavy atom. The molecule has 0 saturated carbocycles. The van der Waals surface area contributed by atoms with Crippen LogP contribution in [0.2, 0.25) is 0 Å². The SMILES string of the molecule is CC(CN(C)OCCN1CCN(c2ncc(C(F)(F)F)cn2)CC1=O)OC(N)=O. The lowest BCUT2D eigenvalue weighted by atomic mass is 10.3. The monoisotopic (exact) mass is 420 g/mol. The van der Waals surface area contributed by atoms with Crippen molar-refractivity contribution >= 4 is 17.9 Å². The molecule has 1 unspecified atom stereocenters. The van der Waals surface area contributed by atoms with Crippen LogP contribution in [-0.2, 0) is 20.5 Å². The largest absolute Gasteiger partial charge is 0.445 e. The van der Waals surface area contributed by atoms with E-state index in [2.05, 4.69) is 9.97 Å². The lowest BCUT2D eigenvalue weighted by Gasteiger charge is -2.34. The Kier molecular flexibility index (Phi) is 7.56. The van der Waals surface area contributed by atoms with E-state index in [0.717, 1.165) is 0 Å². The zero-order chi connectivity index (χ0) is 21.6. The molecule has 1 saturated heterocycles. The Labute approximate surface area is 165 Å². The number of ether oxygens (including phenoxy) is 1. The van der Waals surface area contributed by atoms with Gasteiger partial charge in [0.15, 0.2) is 0 Å². The Bertz CT molecular complexity index is 703. The summed E-state index contributed by atoms with van der Waals surface area (Å²) in [6, 6.07) is 0. The summed E-state index contributed by atoms with van der Waals surface area (Å²) < 4.78 is 42.5. The molecule has 2 rings (SSSR count). The molecule has 0 spiro atoms. The van der Waals surface area contributed by atoms with Crippen molar-refractivity contribution in [1.82, 2.24) is 19.9 Å². The van der Waals surface area contributed by atoms with Gasteiger partial charge in [0, 0.05) is 39.1 Å². The third kappa shape index (κ3) is 7.02. The van der Waals surface area contributed by atoms with Crippen LogP contribution in [0.3, 0.4) is 0 Å². The number of rotatable bonds is 8. The van der Waals surface area contributed by atoms with E-state index in [1.807, 2.05) is 0 Å². The number of hydrogen-bond acceptors (Lipinski definition) is 8. The van der Waals surface area contributed by atoms with Gasteiger partial charge in [0.1, 0.15) is 6.10 Å². The van der Waals surface area contributed by atoms with Gasteiger partial charge >= 0.3 is 12.3 Å². The second-order valence-corrected chi connectivity index (χ2v) is 6.46. The van der Waals surface area contributed by atoms with Gasteiger partial charge in [-0.2, -0.15) is 18.2 Å². The molecule has 13 heteroatoms. The first-order chi connectivity index (χ1) is 13.6. The first-order valence-corrected chi connectivity index (χ1v) is 8.78. The summed E-state index contributed by atoms with van der Waals surface area (Å²) >= 11 is 0. The molecule has 0 radical (unpaired) electrons. The normalized spacial score (nSPS) is 16.3. The molecule has 1 aliphatic rings. The number of anilines is 1. The van der Waals surface area contributed by atoms with Crippen LogP contribution in [0.1, 0.15) is 12.5 Å². The molecule has 162 valence electrons. The van der Waals surface area contributed by atoms with Gasteiger partial charge in [-0.1, -0.05) is 0 Å². The minimum Gasteiger partial charge on any atom is -0.445 e. The average molecular weight is 420 g/mol. The molecular formula is C16H23F3N6O4. The maximum absolute atomic E-state index is 12.6. The van der Waals surface area contributed by atoms with Crippen LogP contribution >= 0.6 is 0 Å². The summed E-state index contributed by atoms with van der Waals surface area (Å²) in [4.78, 5) is 38.9. The highest BCUT2D eigenvalue weighted by molar-refractivity contribution is 5.82. The maximum Gasteiger partial charge on any atom is 0.419 e. The number of aromatic nitrogens is 2. The molecule has 2 heterocycles. The van der Waals surface area contributed by atoms with Gasteiger partial charge in [0.05, 0.1) is 25.3 Å². The summed E-state index contributed by atoms with van der Waals surface area (Å²) in [7, 11) is 1.66. The van der Waals surface area contributed by atoms with E-state index in [1.54, 1.807) is 18.9 Å². The number of primary amides is 1. The average Bonchev–Trinajstić information content (AvgIpc) is 2.61. The van der Waals surface area contributed by atoms with Crippen molar-refractivity contribution in [2.24, 2.45) is 5.73 Å². The maximum atomic E-state index is 12.6. The van der Waals surface area contributed by atoms with Crippen LogP contribution < -0.4 is 10.6 Å². The lowest BCUT2D eigenvalue weighted by molar-refractivity contribution is -0.160. The zero-order valence-corrected chi connectivity index (χ0v) is 16.1. The molecule has 0 bridgehead atoms. The van der Waals surface area contributed by atoms with Crippen molar-refractivity contribution in [2.45, 2.75) is 19.2 Å². The minimum absolute atomic E-state index is 0.0370. The van der Waals surface area contributed by atoms with Crippen molar-refractivity contribution in [1.29, 1.82) is 0 Å². The molecule has 10 nitrogen and oxygen atoms in total. The second-order valence-electron chi connectivity index (χ2n) is 6.46. The second kappa shape index (κ2) is 9.69. The smallest absolute Gasteiger partial charge is 0.419 e. The fraction of sp³-hybridized carbons (Fsp3) is 0.625. The Morgan fingerprint density at radius 1 is 1.34 bits per heavy atom.